The standard InChI is InChI=1S/C31H27F7O/c1-39-14-2-3-19-4-8-22(26(32)16-19)9-5-20-7-13-25-24(15-20)12-11-23(30(25)35)10-6-21-17-27(33)29(28(34)18-21)31(36,37)38/h4,7-8,11-13,15-18H,2-3,5-6,9-10,14H2,1H3. The van der Waals surface area contributed by atoms with E-state index in [4.69, 9.17) is 4.74 Å². The highest BCUT2D eigenvalue weighted by atomic mass is 19.4. The first-order chi connectivity index (χ1) is 18.6. The molecule has 0 saturated heterocycles. The second kappa shape index (κ2) is 12.2. The van der Waals surface area contributed by atoms with E-state index in [9.17, 15) is 26.3 Å². The van der Waals surface area contributed by atoms with E-state index < -0.39 is 29.2 Å². The van der Waals surface area contributed by atoms with Crippen LogP contribution in [-0.2, 0) is 43.0 Å². The van der Waals surface area contributed by atoms with Gasteiger partial charge in [-0.2, -0.15) is 13.2 Å². The van der Waals surface area contributed by atoms with Crippen LogP contribution >= 0.6 is 0 Å². The average Bonchev–Trinajstić information content (AvgIpc) is 2.87. The predicted octanol–water partition coefficient (Wildman–Crippen LogP) is 8.56. The van der Waals surface area contributed by atoms with Gasteiger partial charge in [-0.3, -0.25) is 0 Å². The third-order valence-electron chi connectivity index (χ3n) is 6.78. The summed E-state index contributed by atoms with van der Waals surface area (Å²) >= 11 is 0. The highest BCUT2D eigenvalue weighted by molar-refractivity contribution is 5.84. The van der Waals surface area contributed by atoms with E-state index in [0.717, 1.165) is 24.0 Å². The molecule has 0 aliphatic carbocycles. The van der Waals surface area contributed by atoms with Crippen LogP contribution in [0, 0.1) is 23.3 Å². The number of halogens is 7. The van der Waals surface area contributed by atoms with Crippen LogP contribution in [0.15, 0.2) is 60.7 Å². The summed E-state index contributed by atoms with van der Waals surface area (Å²) in [6.07, 6.45) is -2.53. The lowest BCUT2D eigenvalue weighted by Crippen LogP contribution is -2.12. The van der Waals surface area contributed by atoms with Crippen LogP contribution in [-0.4, -0.2) is 13.7 Å². The van der Waals surface area contributed by atoms with Gasteiger partial charge in [0.2, 0.25) is 0 Å². The molecule has 8 heteroatoms. The fourth-order valence-electron chi connectivity index (χ4n) is 4.70. The van der Waals surface area contributed by atoms with Gasteiger partial charge in [0.05, 0.1) is 0 Å². The third-order valence-corrected chi connectivity index (χ3v) is 6.78. The van der Waals surface area contributed by atoms with E-state index in [1.807, 2.05) is 12.1 Å². The van der Waals surface area contributed by atoms with Crippen LogP contribution in [0.2, 0.25) is 0 Å². The molecule has 0 heterocycles. The monoisotopic (exact) mass is 548 g/mol. The van der Waals surface area contributed by atoms with Crippen molar-refractivity contribution in [3.8, 4) is 0 Å². The van der Waals surface area contributed by atoms with E-state index in [0.29, 0.717) is 47.9 Å². The Morgan fingerprint density at radius 2 is 1.21 bits per heavy atom. The molecule has 0 aliphatic rings. The van der Waals surface area contributed by atoms with Gasteiger partial charge in [0, 0.05) is 19.1 Å². The first-order valence-electron chi connectivity index (χ1n) is 12.6. The van der Waals surface area contributed by atoms with Gasteiger partial charge in [0.25, 0.3) is 0 Å². The predicted molar refractivity (Wildman–Crippen MR) is 137 cm³/mol. The summed E-state index contributed by atoms with van der Waals surface area (Å²) in [6, 6.07) is 15.0. The average molecular weight is 549 g/mol. The normalized spacial score (nSPS) is 11.9. The van der Waals surface area contributed by atoms with Crippen molar-refractivity contribution >= 4 is 10.8 Å². The Kier molecular flexibility index (Phi) is 8.95. The first kappa shape index (κ1) is 28.6. The van der Waals surface area contributed by atoms with Gasteiger partial charge in [-0.25, -0.2) is 17.6 Å². The molecule has 4 aromatic rings. The van der Waals surface area contributed by atoms with Crippen LogP contribution < -0.4 is 0 Å². The Labute approximate surface area is 222 Å². The Balaban J connectivity index is 1.42. The van der Waals surface area contributed by atoms with E-state index in [1.165, 1.54) is 0 Å². The van der Waals surface area contributed by atoms with Crippen molar-refractivity contribution in [2.75, 3.05) is 13.7 Å². The molecule has 0 aromatic heterocycles. The molecule has 0 atom stereocenters. The molecule has 0 spiro atoms. The number of ether oxygens (including phenoxy) is 1. The lowest BCUT2D eigenvalue weighted by Gasteiger charge is -2.12. The molecule has 0 bridgehead atoms. The minimum Gasteiger partial charge on any atom is -0.385 e. The van der Waals surface area contributed by atoms with Gasteiger partial charge in [0.15, 0.2) is 0 Å². The summed E-state index contributed by atoms with van der Waals surface area (Å²) < 4.78 is 101. The molecule has 0 N–H and O–H groups in total. The number of fused-ring (bicyclic) bond motifs is 1. The second-order valence-electron chi connectivity index (χ2n) is 9.55. The molecule has 0 amide bonds. The van der Waals surface area contributed by atoms with Gasteiger partial charge in [-0.15, -0.1) is 0 Å². The van der Waals surface area contributed by atoms with Crippen LogP contribution in [0.3, 0.4) is 0 Å². The van der Waals surface area contributed by atoms with Crippen LogP contribution in [0.4, 0.5) is 30.7 Å². The Morgan fingerprint density at radius 1 is 0.615 bits per heavy atom. The zero-order chi connectivity index (χ0) is 28.2. The Hall–Kier alpha value is -3.39. The fourth-order valence-corrected chi connectivity index (χ4v) is 4.70. The summed E-state index contributed by atoms with van der Waals surface area (Å²) in [4.78, 5) is 0. The summed E-state index contributed by atoms with van der Waals surface area (Å²) in [5.41, 5.74) is 0.777. The number of alkyl halides is 3. The zero-order valence-electron chi connectivity index (χ0n) is 21.3. The van der Waals surface area contributed by atoms with E-state index in [2.05, 4.69) is 0 Å². The van der Waals surface area contributed by atoms with E-state index in [-0.39, 0.29) is 29.8 Å². The molecule has 39 heavy (non-hydrogen) atoms. The molecule has 1 nitrogen and oxygen atoms in total. The van der Waals surface area contributed by atoms with E-state index in [1.54, 1.807) is 43.5 Å². The molecular formula is C31H27F7O. The fraction of sp³-hybridized carbons (Fsp3) is 0.290. The molecule has 4 rings (SSSR count). The quantitative estimate of drug-likeness (QED) is 0.143. The lowest BCUT2D eigenvalue weighted by atomic mass is 9.96. The van der Waals surface area contributed by atoms with Crippen molar-refractivity contribution in [2.24, 2.45) is 0 Å². The first-order valence-corrected chi connectivity index (χ1v) is 12.6. The van der Waals surface area contributed by atoms with Gasteiger partial charge >= 0.3 is 6.18 Å². The molecule has 206 valence electrons. The van der Waals surface area contributed by atoms with Crippen LogP contribution in [0.5, 0.6) is 0 Å². The van der Waals surface area contributed by atoms with Crippen molar-refractivity contribution in [1.29, 1.82) is 0 Å². The second-order valence-corrected chi connectivity index (χ2v) is 9.55. The van der Waals surface area contributed by atoms with Crippen molar-refractivity contribution in [3.63, 3.8) is 0 Å². The van der Waals surface area contributed by atoms with Crippen molar-refractivity contribution in [2.45, 2.75) is 44.7 Å². The van der Waals surface area contributed by atoms with Gasteiger partial charge in [-0.05, 0) is 89.9 Å². The zero-order valence-corrected chi connectivity index (χ0v) is 21.3. The highest BCUT2D eigenvalue weighted by Gasteiger charge is 2.37. The smallest absolute Gasteiger partial charge is 0.385 e. The van der Waals surface area contributed by atoms with Crippen LogP contribution in [0.1, 0.15) is 39.8 Å². The third kappa shape index (κ3) is 6.98. The number of hydrogen-bond acceptors (Lipinski definition) is 1. The van der Waals surface area contributed by atoms with Crippen LogP contribution in [0.25, 0.3) is 10.8 Å². The summed E-state index contributed by atoms with van der Waals surface area (Å²) in [5.74, 6) is -4.14. The molecule has 0 unspecified atom stereocenters. The van der Waals surface area contributed by atoms with E-state index >= 15 is 4.39 Å². The van der Waals surface area contributed by atoms with Gasteiger partial charge < -0.3 is 4.74 Å². The molecule has 0 fully saturated rings. The van der Waals surface area contributed by atoms with Crippen molar-refractivity contribution in [3.05, 3.63) is 117 Å². The number of rotatable bonds is 10. The SMILES string of the molecule is COCCCc1ccc(CCc2ccc3c(F)c(CCc4cc(F)c(C(F)(F)F)c(F)c4)ccc3c2)c(F)c1. The summed E-state index contributed by atoms with van der Waals surface area (Å²) in [5, 5.41) is 1.00. The van der Waals surface area contributed by atoms with Crippen molar-refractivity contribution in [1.82, 2.24) is 0 Å². The maximum absolute atomic E-state index is 15.2. The Bertz CT molecular complexity index is 1440. The highest BCUT2D eigenvalue weighted by Crippen LogP contribution is 2.34. The molecule has 0 aliphatic heterocycles. The number of aryl methyl sites for hydroxylation is 5. The number of benzene rings is 4. The minimum atomic E-state index is -5.14. The molecular weight excluding hydrogens is 521 g/mol. The molecule has 0 saturated carbocycles. The molecule has 4 aromatic carbocycles. The van der Waals surface area contributed by atoms with Gasteiger partial charge in [-0.1, -0.05) is 42.5 Å². The number of hydrogen-bond donors (Lipinski definition) is 0. The largest absolute Gasteiger partial charge is 0.422 e. The Morgan fingerprint density at radius 3 is 1.87 bits per heavy atom. The van der Waals surface area contributed by atoms with Crippen molar-refractivity contribution < 1.29 is 35.5 Å². The topological polar surface area (TPSA) is 9.23 Å². The summed E-state index contributed by atoms with van der Waals surface area (Å²) in [6.45, 7) is 0.618. The maximum atomic E-state index is 15.2. The molecule has 0 radical (unpaired) electrons. The van der Waals surface area contributed by atoms with Gasteiger partial charge in [0.1, 0.15) is 28.8 Å². The lowest BCUT2D eigenvalue weighted by molar-refractivity contribution is -0.142. The maximum Gasteiger partial charge on any atom is 0.422 e. The minimum absolute atomic E-state index is 0.00286. The summed E-state index contributed by atoms with van der Waals surface area (Å²) in [7, 11) is 1.63. The number of methoxy groups -OCH3 is 1.